The molecule has 150 valence electrons. The molecular formula is C23H19N3O4. The average Bonchev–Trinajstić information content (AvgIpc) is 2.77. The highest BCUT2D eigenvalue weighted by atomic mass is 16.6. The number of hydrogen-bond donors (Lipinski definition) is 1. The summed E-state index contributed by atoms with van der Waals surface area (Å²) in [6.07, 6.45) is 1.20. The van der Waals surface area contributed by atoms with E-state index in [0.717, 1.165) is 28.3 Å². The number of aromatic nitrogens is 1. The van der Waals surface area contributed by atoms with E-state index in [0.29, 0.717) is 23.6 Å². The molecule has 2 heterocycles. The monoisotopic (exact) mass is 401 g/mol. The highest BCUT2D eigenvalue weighted by Crippen LogP contribution is 2.31. The fourth-order valence-electron chi connectivity index (χ4n) is 3.51. The van der Waals surface area contributed by atoms with E-state index in [9.17, 15) is 14.9 Å². The van der Waals surface area contributed by atoms with E-state index in [2.05, 4.69) is 16.4 Å². The van der Waals surface area contributed by atoms with Gasteiger partial charge in [-0.05, 0) is 35.7 Å². The minimum Gasteiger partial charge on any atom is -0.438 e. The van der Waals surface area contributed by atoms with Crippen LogP contribution in [0.4, 0.5) is 4.79 Å². The van der Waals surface area contributed by atoms with E-state index < -0.39 is 12.2 Å². The number of Topliss-reactive ketones (excluding diaryl/α,β-unsaturated/α-hetero) is 1. The summed E-state index contributed by atoms with van der Waals surface area (Å²) in [6.45, 7) is 2.00. The van der Waals surface area contributed by atoms with Crippen LogP contribution in [-0.4, -0.2) is 29.5 Å². The highest BCUT2D eigenvalue weighted by molar-refractivity contribution is 5.92. The number of rotatable bonds is 5. The van der Waals surface area contributed by atoms with Gasteiger partial charge in [0.15, 0.2) is 11.9 Å². The lowest BCUT2D eigenvalue weighted by atomic mass is 9.97. The van der Waals surface area contributed by atoms with Gasteiger partial charge in [-0.15, -0.1) is 0 Å². The number of ether oxygens (including phenoxy) is 2. The number of fused-ring (bicyclic) bond motifs is 1. The third-order valence-electron chi connectivity index (χ3n) is 5.07. The van der Waals surface area contributed by atoms with Crippen LogP contribution < -0.4 is 10.1 Å². The molecule has 0 saturated carbocycles. The maximum atomic E-state index is 12.0. The molecule has 0 aliphatic carbocycles. The van der Waals surface area contributed by atoms with Crippen LogP contribution in [-0.2, 0) is 22.4 Å². The average molecular weight is 401 g/mol. The Hall–Kier alpha value is -3.92. The number of aryl methyl sites for hydroxylation is 1. The molecule has 0 spiro atoms. The van der Waals surface area contributed by atoms with Crippen molar-refractivity contribution in [2.45, 2.75) is 25.9 Å². The van der Waals surface area contributed by atoms with Gasteiger partial charge in [0.05, 0.1) is 12.1 Å². The molecule has 30 heavy (non-hydrogen) atoms. The maximum Gasteiger partial charge on any atom is 0.408 e. The molecule has 1 atom stereocenters. The fraction of sp³-hybridized carbons (Fsp3) is 0.217. The van der Waals surface area contributed by atoms with E-state index in [4.69, 9.17) is 9.47 Å². The largest absolute Gasteiger partial charge is 0.438 e. The predicted molar refractivity (Wildman–Crippen MR) is 109 cm³/mol. The molecule has 1 amide bonds. The van der Waals surface area contributed by atoms with Gasteiger partial charge < -0.3 is 14.8 Å². The van der Waals surface area contributed by atoms with Gasteiger partial charge in [-0.25, -0.2) is 9.78 Å². The molecule has 1 fully saturated rings. The minimum atomic E-state index is -0.778. The normalized spacial score (nSPS) is 15.9. The van der Waals surface area contributed by atoms with Crippen LogP contribution in [0.3, 0.4) is 0 Å². The Balaban J connectivity index is 1.61. The molecular weight excluding hydrogens is 382 g/mol. The molecule has 1 aliphatic heterocycles. The summed E-state index contributed by atoms with van der Waals surface area (Å²) in [5.74, 6) is 0.874. The number of carbonyl (C=O) groups excluding carboxylic acids is 2. The molecule has 2 aromatic carbocycles. The van der Waals surface area contributed by atoms with Crippen molar-refractivity contribution in [3.63, 3.8) is 0 Å². The second kappa shape index (κ2) is 8.21. The first kappa shape index (κ1) is 19.4. The van der Waals surface area contributed by atoms with Gasteiger partial charge in [0.25, 0.3) is 0 Å². The first-order chi connectivity index (χ1) is 14.6. The highest BCUT2D eigenvalue weighted by Gasteiger charge is 2.28. The fourth-order valence-corrected chi connectivity index (χ4v) is 3.51. The Morgan fingerprint density at radius 3 is 2.77 bits per heavy atom. The molecule has 4 rings (SSSR count). The minimum absolute atomic E-state index is 0.0103. The summed E-state index contributed by atoms with van der Waals surface area (Å²) in [6, 6.07) is 15.2. The number of hydrogen-bond acceptors (Lipinski definition) is 6. The number of benzene rings is 2. The first-order valence-electron chi connectivity index (χ1n) is 9.63. The Morgan fingerprint density at radius 2 is 2.00 bits per heavy atom. The number of nitrogens with one attached hydrogen (secondary N) is 1. The summed E-state index contributed by atoms with van der Waals surface area (Å²) < 4.78 is 11.2. The number of nitrogens with zero attached hydrogens (tertiary/aromatic N) is 2. The number of alkyl carbamates (subject to hydrolysis) is 1. The van der Waals surface area contributed by atoms with Gasteiger partial charge in [-0.1, -0.05) is 31.2 Å². The van der Waals surface area contributed by atoms with Gasteiger partial charge >= 0.3 is 6.09 Å². The molecule has 1 aliphatic rings. The van der Waals surface area contributed by atoms with Crippen molar-refractivity contribution in [3.8, 4) is 17.7 Å². The Kier molecular flexibility index (Phi) is 5.31. The smallest absolute Gasteiger partial charge is 0.408 e. The summed E-state index contributed by atoms with van der Waals surface area (Å²) in [5, 5.41) is 13.2. The van der Waals surface area contributed by atoms with Gasteiger partial charge in [0.2, 0.25) is 5.88 Å². The van der Waals surface area contributed by atoms with Gasteiger partial charge in [0, 0.05) is 23.4 Å². The molecule has 0 radical (unpaired) electrons. The number of pyridine rings is 1. The first-order valence-corrected chi connectivity index (χ1v) is 9.63. The van der Waals surface area contributed by atoms with Crippen LogP contribution >= 0.6 is 0 Å². The van der Waals surface area contributed by atoms with E-state index in [1.165, 1.54) is 6.20 Å². The van der Waals surface area contributed by atoms with Crippen LogP contribution in [0.15, 0.2) is 48.7 Å². The lowest BCUT2D eigenvalue weighted by molar-refractivity contribution is -0.128. The Labute approximate surface area is 173 Å². The molecule has 7 heteroatoms. The molecule has 1 unspecified atom stereocenters. The third kappa shape index (κ3) is 3.80. The number of carbonyl (C=O) groups is 2. The van der Waals surface area contributed by atoms with Crippen molar-refractivity contribution in [1.29, 1.82) is 5.26 Å². The topological polar surface area (TPSA) is 101 Å². The summed E-state index contributed by atoms with van der Waals surface area (Å²) in [4.78, 5) is 27.8. The summed E-state index contributed by atoms with van der Waals surface area (Å²) in [7, 11) is 0. The van der Waals surface area contributed by atoms with E-state index in [-0.39, 0.29) is 12.3 Å². The van der Waals surface area contributed by atoms with Gasteiger partial charge in [-0.2, -0.15) is 5.26 Å². The van der Waals surface area contributed by atoms with Crippen molar-refractivity contribution in [1.82, 2.24) is 10.3 Å². The molecule has 1 aromatic heterocycles. The van der Waals surface area contributed by atoms with Gasteiger partial charge in [0.1, 0.15) is 11.8 Å². The maximum absolute atomic E-state index is 12.0. The molecule has 0 bridgehead atoms. The van der Waals surface area contributed by atoms with E-state index >= 15 is 0 Å². The van der Waals surface area contributed by atoms with Crippen LogP contribution in [0.1, 0.15) is 23.6 Å². The lowest BCUT2D eigenvalue weighted by Gasteiger charge is -2.23. The zero-order valence-corrected chi connectivity index (χ0v) is 16.3. The summed E-state index contributed by atoms with van der Waals surface area (Å²) >= 11 is 0. The molecule has 1 saturated heterocycles. The second-order valence-corrected chi connectivity index (χ2v) is 6.94. The second-order valence-electron chi connectivity index (χ2n) is 6.94. The van der Waals surface area contributed by atoms with Crippen molar-refractivity contribution in [3.05, 3.63) is 65.4 Å². The number of amides is 1. The lowest BCUT2D eigenvalue weighted by Crippen LogP contribution is -2.46. The molecule has 1 N–H and O–H groups in total. The van der Waals surface area contributed by atoms with Crippen molar-refractivity contribution >= 4 is 22.6 Å². The standard InChI is InChI=1S/C23H19N3O4/c1-2-14-9-17(8-7-15(14)10-21-20(27)13-26-23(28)30-21)29-22-19-6-4-3-5-18(19)16(11-24)12-25-22/h3-9,12,21H,2,10,13H2,1H3,(H,26,28). The van der Waals surface area contributed by atoms with Crippen LogP contribution in [0.5, 0.6) is 11.6 Å². The molecule has 7 nitrogen and oxygen atoms in total. The summed E-state index contributed by atoms with van der Waals surface area (Å²) in [5.41, 5.74) is 2.41. The predicted octanol–water partition coefficient (Wildman–Crippen LogP) is 3.68. The number of cyclic esters (lactones) is 1. The quantitative estimate of drug-likeness (QED) is 0.700. The van der Waals surface area contributed by atoms with Crippen molar-refractivity contribution in [2.75, 3.05) is 6.54 Å². The Morgan fingerprint density at radius 1 is 1.20 bits per heavy atom. The zero-order valence-electron chi connectivity index (χ0n) is 16.3. The number of nitriles is 1. The van der Waals surface area contributed by atoms with Crippen LogP contribution in [0, 0.1) is 11.3 Å². The zero-order chi connectivity index (χ0) is 21.1. The van der Waals surface area contributed by atoms with Crippen LogP contribution in [0.25, 0.3) is 10.8 Å². The van der Waals surface area contributed by atoms with E-state index in [1.54, 1.807) is 6.07 Å². The SMILES string of the molecule is CCc1cc(Oc2ncc(C#N)c3ccccc23)ccc1CC1OC(=O)NCC1=O. The van der Waals surface area contributed by atoms with Crippen LogP contribution in [0.2, 0.25) is 0 Å². The number of ketones is 1. The third-order valence-corrected chi connectivity index (χ3v) is 5.07. The van der Waals surface area contributed by atoms with Crippen molar-refractivity contribution < 1.29 is 19.1 Å². The molecule has 3 aromatic rings. The van der Waals surface area contributed by atoms with E-state index in [1.807, 2.05) is 43.3 Å². The van der Waals surface area contributed by atoms with Gasteiger partial charge in [-0.3, -0.25) is 4.79 Å². The Bertz CT molecular complexity index is 1180. The van der Waals surface area contributed by atoms with Crippen molar-refractivity contribution in [2.24, 2.45) is 0 Å².